The zero-order valence-corrected chi connectivity index (χ0v) is 16.9. The molecule has 0 amide bonds. The third kappa shape index (κ3) is 4.48. The Morgan fingerprint density at radius 3 is 2.67 bits per heavy atom. The maximum absolute atomic E-state index is 5.36. The van der Waals surface area contributed by atoms with Gasteiger partial charge in [0.2, 0.25) is 0 Å². The van der Waals surface area contributed by atoms with E-state index in [1.165, 1.54) is 12.1 Å². The van der Waals surface area contributed by atoms with Crippen molar-refractivity contribution in [3.8, 4) is 11.3 Å². The molecule has 2 N–H and O–H groups in total. The maximum Gasteiger partial charge on any atom is 0.181 e. The summed E-state index contributed by atoms with van der Waals surface area (Å²) >= 11 is 2.29. The third-order valence-corrected chi connectivity index (χ3v) is 5.34. The van der Waals surface area contributed by atoms with Crippen LogP contribution in [0.4, 0.5) is 11.4 Å². The Labute approximate surface area is 171 Å². The first-order valence-corrected chi connectivity index (χ1v) is 9.91. The van der Waals surface area contributed by atoms with Crippen molar-refractivity contribution in [2.24, 2.45) is 5.10 Å². The average molecular weight is 473 g/mol. The van der Waals surface area contributed by atoms with Crippen molar-refractivity contribution in [1.82, 2.24) is 10.3 Å². The molecule has 1 aliphatic heterocycles. The number of benzene rings is 2. The van der Waals surface area contributed by atoms with Crippen LogP contribution >= 0.6 is 22.6 Å². The molecule has 0 spiro atoms. The number of nitrogens with one attached hydrogen (secondary N) is 2. The first kappa shape index (κ1) is 18.0. The number of hydrogen-bond donors (Lipinski definition) is 2. The summed E-state index contributed by atoms with van der Waals surface area (Å²) in [4.78, 5) is 6.36. The van der Waals surface area contributed by atoms with E-state index in [1.807, 2.05) is 24.4 Å². The molecule has 138 valence electrons. The van der Waals surface area contributed by atoms with Crippen LogP contribution in [-0.4, -0.2) is 37.4 Å². The number of halogens is 1. The summed E-state index contributed by atoms with van der Waals surface area (Å²) in [6, 6.07) is 14.5. The molecule has 1 aliphatic rings. The van der Waals surface area contributed by atoms with E-state index < -0.39 is 0 Å². The van der Waals surface area contributed by atoms with Gasteiger partial charge in [-0.2, -0.15) is 5.10 Å². The van der Waals surface area contributed by atoms with Crippen molar-refractivity contribution >= 4 is 40.2 Å². The van der Waals surface area contributed by atoms with E-state index in [1.54, 1.807) is 6.20 Å². The Balaban J connectivity index is 1.38. The second-order valence-electron chi connectivity index (χ2n) is 6.26. The minimum absolute atomic E-state index is 0.763. The zero-order chi connectivity index (χ0) is 18.5. The lowest BCUT2D eigenvalue weighted by atomic mass is 10.2. The number of oxazole rings is 1. The van der Waals surface area contributed by atoms with Crippen molar-refractivity contribution in [2.45, 2.75) is 0 Å². The highest BCUT2D eigenvalue weighted by Gasteiger charge is 2.09. The number of aromatic nitrogens is 1. The topological polar surface area (TPSA) is 65.7 Å². The smallest absolute Gasteiger partial charge is 0.181 e. The molecule has 1 fully saturated rings. The summed E-state index contributed by atoms with van der Waals surface area (Å²) in [5.41, 5.74) is 7.36. The van der Waals surface area contributed by atoms with Crippen LogP contribution in [0.5, 0.6) is 0 Å². The highest BCUT2D eigenvalue weighted by atomic mass is 127. The number of hydrazone groups is 1. The highest BCUT2D eigenvalue weighted by molar-refractivity contribution is 14.1. The van der Waals surface area contributed by atoms with E-state index in [-0.39, 0.29) is 0 Å². The fourth-order valence-electron chi connectivity index (χ4n) is 3.01. The summed E-state index contributed by atoms with van der Waals surface area (Å²) in [7, 11) is 0. The van der Waals surface area contributed by atoms with Crippen LogP contribution in [0.3, 0.4) is 0 Å². The van der Waals surface area contributed by atoms with Gasteiger partial charge in [-0.25, -0.2) is 4.98 Å². The fourth-order valence-corrected chi connectivity index (χ4v) is 3.79. The Morgan fingerprint density at radius 2 is 1.96 bits per heavy atom. The van der Waals surface area contributed by atoms with Gasteiger partial charge >= 0.3 is 0 Å². The van der Waals surface area contributed by atoms with E-state index in [2.05, 4.69) is 72.6 Å². The van der Waals surface area contributed by atoms with E-state index >= 15 is 0 Å². The van der Waals surface area contributed by atoms with Gasteiger partial charge in [-0.1, -0.05) is 12.1 Å². The van der Waals surface area contributed by atoms with Crippen molar-refractivity contribution in [2.75, 3.05) is 36.5 Å². The van der Waals surface area contributed by atoms with Crippen LogP contribution < -0.4 is 15.6 Å². The van der Waals surface area contributed by atoms with Crippen LogP contribution in [0.1, 0.15) is 5.56 Å². The monoisotopic (exact) mass is 473 g/mol. The summed E-state index contributed by atoms with van der Waals surface area (Å²) in [6.07, 6.45) is 4.99. The van der Waals surface area contributed by atoms with Gasteiger partial charge in [-0.3, -0.25) is 5.43 Å². The van der Waals surface area contributed by atoms with E-state index in [9.17, 15) is 0 Å². The van der Waals surface area contributed by atoms with Gasteiger partial charge < -0.3 is 14.6 Å². The minimum Gasteiger partial charge on any atom is -0.443 e. The Kier molecular flexibility index (Phi) is 5.69. The summed E-state index contributed by atoms with van der Waals surface area (Å²) in [5.74, 6) is 0.763. The lowest BCUT2D eigenvalue weighted by molar-refractivity contribution is 0.571. The molecule has 4 rings (SSSR count). The van der Waals surface area contributed by atoms with Gasteiger partial charge in [-0.05, 0) is 58.5 Å². The summed E-state index contributed by atoms with van der Waals surface area (Å²) in [6.45, 7) is 4.19. The molecule has 0 atom stereocenters. The van der Waals surface area contributed by atoms with E-state index in [0.717, 1.165) is 52.3 Å². The molecule has 2 aromatic carbocycles. The molecule has 1 aromatic heterocycles. The zero-order valence-electron chi connectivity index (χ0n) is 14.7. The molecule has 0 saturated carbocycles. The number of nitrogens with zero attached hydrogens (tertiary/aromatic N) is 3. The Hall–Kier alpha value is -2.39. The van der Waals surface area contributed by atoms with Crippen LogP contribution in [0.2, 0.25) is 0 Å². The van der Waals surface area contributed by atoms with E-state index in [0.29, 0.717) is 0 Å². The third-order valence-electron chi connectivity index (χ3n) is 4.45. The van der Waals surface area contributed by atoms with Crippen molar-refractivity contribution in [3.05, 3.63) is 64.2 Å². The predicted molar refractivity (Wildman–Crippen MR) is 117 cm³/mol. The second kappa shape index (κ2) is 8.53. The minimum atomic E-state index is 0.763. The number of hydrogen-bond acceptors (Lipinski definition) is 6. The summed E-state index contributed by atoms with van der Waals surface area (Å²) < 4.78 is 6.43. The fraction of sp³-hybridized carbons (Fsp3) is 0.200. The predicted octanol–water partition coefficient (Wildman–Crippen LogP) is 3.80. The maximum atomic E-state index is 5.36. The van der Waals surface area contributed by atoms with Gasteiger partial charge in [0.1, 0.15) is 0 Å². The lowest BCUT2D eigenvalue weighted by Crippen LogP contribution is -2.43. The van der Waals surface area contributed by atoms with Crippen molar-refractivity contribution in [3.63, 3.8) is 0 Å². The number of anilines is 2. The molecule has 0 unspecified atom stereocenters. The highest BCUT2D eigenvalue weighted by Crippen LogP contribution is 2.27. The van der Waals surface area contributed by atoms with Gasteiger partial charge in [0.15, 0.2) is 12.2 Å². The van der Waals surface area contributed by atoms with Crippen LogP contribution in [0, 0.1) is 3.57 Å². The van der Waals surface area contributed by atoms with Crippen molar-refractivity contribution < 1.29 is 4.42 Å². The van der Waals surface area contributed by atoms with Gasteiger partial charge in [-0.15, -0.1) is 0 Å². The molecular weight excluding hydrogens is 453 g/mol. The molecule has 27 heavy (non-hydrogen) atoms. The molecule has 1 saturated heterocycles. The molecule has 0 bridgehead atoms. The molecule has 0 aliphatic carbocycles. The normalized spacial score (nSPS) is 14.6. The molecule has 2 heterocycles. The Morgan fingerprint density at radius 1 is 1.15 bits per heavy atom. The quantitative estimate of drug-likeness (QED) is 0.335. The number of rotatable bonds is 5. The molecular formula is C20H20IN5O. The largest absolute Gasteiger partial charge is 0.443 e. The van der Waals surface area contributed by atoms with Gasteiger partial charge in [0.05, 0.1) is 18.1 Å². The standard InChI is InChI=1S/C20H20IN5O/c21-19-11-16(3-6-18(19)20-13-23-14-27-20)25-24-12-15-1-4-17(5-2-15)26-9-7-22-8-10-26/h1-6,11-14,22,25H,7-10H2. The molecule has 0 radical (unpaired) electrons. The van der Waals surface area contributed by atoms with Crippen molar-refractivity contribution in [1.29, 1.82) is 0 Å². The van der Waals surface area contributed by atoms with Crippen LogP contribution in [0.25, 0.3) is 11.3 Å². The first-order valence-electron chi connectivity index (χ1n) is 8.83. The lowest BCUT2D eigenvalue weighted by Gasteiger charge is -2.29. The molecule has 7 heteroatoms. The van der Waals surface area contributed by atoms with Crippen LogP contribution in [-0.2, 0) is 0 Å². The average Bonchev–Trinajstić information content (AvgIpc) is 3.24. The molecule has 6 nitrogen and oxygen atoms in total. The second-order valence-corrected chi connectivity index (χ2v) is 7.42. The Bertz CT molecular complexity index is 903. The van der Waals surface area contributed by atoms with Gasteiger partial charge in [0.25, 0.3) is 0 Å². The van der Waals surface area contributed by atoms with Crippen LogP contribution in [0.15, 0.2) is 64.6 Å². The molecule has 3 aromatic rings. The number of piperazine rings is 1. The van der Waals surface area contributed by atoms with E-state index in [4.69, 9.17) is 4.42 Å². The summed E-state index contributed by atoms with van der Waals surface area (Å²) in [5, 5.41) is 7.72. The first-order chi connectivity index (χ1) is 13.3. The van der Waals surface area contributed by atoms with Gasteiger partial charge in [0, 0.05) is 41.0 Å². The SMILES string of the molecule is Ic1cc(NN=Cc2ccc(N3CCNCC3)cc2)ccc1-c1cnco1.